The Bertz CT molecular complexity index is 243. The Labute approximate surface area is 96.3 Å². The highest BCUT2D eigenvalue weighted by Crippen LogP contribution is 1.94. The quantitative estimate of drug-likeness (QED) is 0.214. The molecule has 0 aliphatic rings. The highest BCUT2D eigenvalue weighted by atomic mass is 16.4. The Morgan fingerprint density at radius 1 is 1.50 bits per heavy atom. The van der Waals surface area contributed by atoms with E-state index in [4.69, 9.17) is 10.9 Å². The minimum atomic E-state index is -0.364. The van der Waals surface area contributed by atoms with Crippen molar-refractivity contribution in [3.63, 3.8) is 0 Å². The van der Waals surface area contributed by atoms with Crippen LogP contribution in [0.4, 0.5) is 0 Å². The van der Waals surface area contributed by atoms with Crippen molar-refractivity contribution >= 4 is 11.7 Å². The van der Waals surface area contributed by atoms with Crippen molar-refractivity contribution in [2.24, 2.45) is 10.9 Å². The van der Waals surface area contributed by atoms with Gasteiger partial charge in [-0.05, 0) is 19.8 Å². The second-order valence-corrected chi connectivity index (χ2v) is 3.67. The van der Waals surface area contributed by atoms with Crippen LogP contribution in [0.2, 0.25) is 0 Å². The number of hydrogen-bond acceptors (Lipinski definition) is 4. The van der Waals surface area contributed by atoms with Crippen LogP contribution >= 0.6 is 0 Å². The average Bonchev–Trinajstić information content (AvgIpc) is 2.31. The number of amides is 1. The predicted molar refractivity (Wildman–Crippen MR) is 63.4 cm³/mol. The molecule has 2 atom stereocenters. The summed E-state index contributed by atoms with van der Waals surface area (Å²) >= 11 is 0. The third kappa shape index (κ3) is 4.97. The molecule has 0 saturated heterocycles. The molecule has 2 unspecified atom stereocenters. The van der Waals surface area contributed by atoms with Gasteiger partial charge in [-0.2, -0.15) is 0 Å². The average molecular weight is 230 g/mol. The lowest BCUT2D eigenvalue weighted by Gasteiger charge is -2.20. The van der Waals surface area contributed by atoms with E-state index in [0.29, 0.717) is 13.0 Å². The molecule has 0 heterocycles. The van der Waals surface area contributed by atoms with Gasteiger partial charge < -0.3 is 16.3 Å². The molecule has 0 aromatic heterocycles. The number of carbonyl (C=O) groups is 1. The molecule has 0 aromatic rings. The molecule has 6 nitrogen and oxygen atoms in total. The van der Waals surface area contributed by atoms with Crippen LogP contribution < -0.4 is 16.4 Å². The fraction of sp³-hybridized carbons (Fsp3) is 0.800. The van der Waals surface area contributed by atoms with Gasteiger partial charge in [-0.25, -0.2) is 0 Å². The van der Waals surface area contributed by atoms with E-state index in [-0.39, 0.29) is 23.8 Å². The Kier molecular flexibility index (Phi) is 7.28. The van der Waals surface area contributed by atoms with Crippen molar-refractivity contribution < 1.29 is 10.0 Å². The van der Waals surface area contributed by atoms with E-state index in [2.05, 4.69) is 15.8 Å². The summed E-state index contributed by atoms with van der Waals surface area (Å²) in [6.45, 7) is 6.29. The van der Waals surface area contributed by atoms with Crippen molar-refractivity contribution in [1.82, 2.24) is 10.6 Å². The zero-order valence-corrected chi connectivity index (χ0v) is 10.2. The second-order valence-electron chi connectivity index (χ2n) is 3.67. The number of oxime groups is 1. The van der Waals surface area contributed by atoms with Gasteiger partial charge in [0, 0.05) is 6.54 Å². The van der Waals surface area contributed by atoms with Crippen molar-refractivity contribution in [3.8, 4) is 0 Å². The van der Waals surface area contributed by atoms with Crippen LogP contribution in [0.3, 0.4) is 0 Å². The van der Waals surface area contributed by atoms with Crippen LogP contribution in [-0.4, -0.2) is 35.6 Å². The lowest BCUT2D eigenvalue weighted by atomic mass is 10.1. The number of nitrogens with one attached hydrogen (secondary N) is 2. The highest BCUT2D eigenvalue weighted by molar-refractivity contribution is 5.87. The standard InChI is InChI=1S/C10H22N4O2/c1-4-6-12-10(15)7(3)13-8(5-2)9(11)14-16/h7-8,13,16H,4-6H2,1-3H3,(H2,11,14)(H,12,15). The summed E-state index contributed by atoms with van der Waals surface area (Å²) in [5.41, 5.74) is 5.48. The molecular weight excluding hydrogens is 208 g/mol. The third-order valence-corrected chi connectivity index (χ3v) is 2.27. The summed E-state index contributed by atoms with van der Waals surface area (Å²) in [5.74, 6) is 0.0173. The van der Waals surface area contributed by atoms with Crippen LogP contribution in [0.5, 0.6) is 0 Å². The van der Waals surface area contributed by atoms with E-state index in [1.54, 1.807) is 6.92 Å². The molecule has 5 N–H and O–H groups in total. The first-order valence-corrected chi connectivity index (χ1v) is 5.57. The fourth-order valence-corrected chi connectivity index (χ4v) is 1.26. The van der Waals surface area contributed by atoms with E-state index in [9.17, 15) is 4.79 Å². The number of carbonyl (C=O) groups excluding carboxylic acids is 1. The monoisotopic (exact) mass is 230 g/mol. The summed E-state index contributed by atoms with van der Waals surface area (Å²) in [6.07, 6.45) is 1.55. The Balaban J connectivity index is 4.19. The third-order valence-electron chi connectivity index (χ3n) is 2.27. The lowest BCUT2D eigenvalue weighted by Crippen LogP contribution is -2.51. The van der Waals surface area contributed by atoms with Crippen LogP contribution in [0.1, 0.15) is 33.6 Å². The molecular formula is C10H22N4O2. The van der Waals surface area contributed by atoms with Gasteiger partial charge in [-0.15, -0.1) is 0 Å². The topological polar surface area (TPSA) is 99.7 Å². The number of amidine groups is 1. The number of hydrogen-bond donors (Lipinski definition) is 4. The normalized spacial score (nSPS) is 15.6. The van der Waals surface area contributed by atoms with Gasteiger partial charge in [-0.1, -0.05) is 19.0 Å². The van der Waals surface area contributed by atoms with Gasteiger partial charge in [0.25, 0.3) is 0 Å². The Morgan fingerprint density at radius 2 is 2.12 bits per heavy atom. The van der Waals surface area contributed by atoms with Crippen LogP contribution in [0.25, 0.3) is 0 Å². The summed E-state index contributed by atoms with van der Waals surface area (Å²) in [4.78, 5) is 11.5. The van der Waals surface area contributed by atoms with Gasteiger partial charge in [0.15, 0.2) is 5.84 Å². The maximum atomic E-state index is 11.5. The predicted octanol–water partition coefficient (Wildman–Crippen LogP) is 0.0157. The van der Waals surface area contributed by atoms with E-state index >= 15 is 0 Å². The molecule has 0 rings (SSSR count). The molecule has 0 fully saturated rings. The number of nitrogens with zero attached hydrogens (tertiary/aromatic N) is 1. The molecule has 6 heteroatoms. The molecule has 0 saturated carbocycles. The molecule has 0 aliphatic heterocycles. The van der Waals surface area contributed by atoms with Crippen molar-refractivity contribution in [2.45, 2.75) is 45.7 Å². The zero-order chi connectivity index (χ0) is 12.6. The first-order valence-electron chi connectivity index (χ1n) is 5.57. The largest absolute Gasteiger partial charge is 0.409 e. The fourth-order valence-electron chi connectivity index (χ4n) is 1.26. The summed E-state index contributed by atoms with van der Waals surface area (Å²) < 4.78 is 0. The summed E-state index contributed by atoms with van der Waals surface area (Å²) in [6, 6.07) is -0.649. The molecule has 1 amide bonds. The van der Waals surface area contributed by atoms with E-state index in [1.165, 1.54) is 0 Å². The maximum Gasteiger partial charge on any atom is 0.236 e. The Morgan fingerprint density at radius 3 is 2.56 bits per heavy atom. The minimum absolute atomic E-state index is 0.0777. The molecule has 0 spiro atoms. The molecule has 0 aromatic carbocycles. The van der Waals surface area contributed by atoms with Crippen LogP contribution in [-0.2, 0) is 4.79 Å². The molecule has 16 heavy (non-hydrogen) atoms. The Hall–Kier alpha value is -1.30. The zero-order valence-electron chi connectivity index (χ0n) is 10.2. The number of rotatable bonds is 7. The van der Waals surface area contributed by atoms with Crippen LogP contribution in [0, 0.1) is 0 Å². The lowest BCUT2D eigenvalue weighted by molar-refractivity contribution is -0.122. The van der Waals surface area contributed by atoms with Gasteiger partial charge in [0.05, 0.1) is 12.1 Å². The van der Waals surface area contributed by atoms with E-state index < -0.39 is 0 Å². The van der Waals surface area contributed by atoms with Gasteiger partial charge in [0.1, 0.15) is 0 Å². The summed E-state index contributed by atoms with van der Waals surface area (Å²) in [7, 11) is 0. The first-order chi connectivity index (χ1) is 7.56. The number of nitrogens with two attached hydrogens (primary N) is 1. The van der Waals surface area contributed by atoms with Crippen molar-refractivity contribution in [1.29, 1.82) is 0 Å². The molecule has 0 aliphatic carbocycles. The molecule has 0 bridgehead atoms. The smallest absolute Gasteiger partial charge is 0.236 e. The first kappa shape index (κ1) is 14.7. The van der Waals surface area contributed by atoms with E-state index in [0.717, 1.165) is 6.42 Å². The molecule has 94 valence electrons. The van der Waals surface area contributed by atoms with Crippen molar-refractivity contribution in [2.75, 3.05) is 6.54 Å². The van der Waals surface area contributed by atoms with E-state index in [1.807, 2.05) is 13.8 Å². The van der Waals surface area contributed by atoms with Crippen molar-refractivity contribution in [3.05, 3.63) is 0 Å². The van der Waals surface area contributed by atoms with Crippen LogP contribution in [0.15, 0.2) is 5.16 Å². The minimum Gasteiger partial charge on any atom is -0.409 e. The van der Waals surface area contributed by atoms with Gasteiger partial charge in [0.2, 0.25) is 5.91 Å². The molecule has 0 radical (unpaired) electrons. The SMILES string of the molecule is CCCNC(=O)C(C)NC(CC)C(N)=NO. The van der Waals surface area contributed by atoms with Gasteiger partial charge >= 0.3 is 0 Å². The maximum absolute atomic E-state index is 11.5. The summed E-state index contributed by atoms with van der Waals surface area (Å²) in [5, 5.41) is 17.3. The highest BCUT2D eigenvalue weighted by Gasteiger charge is 2.18. The van der Waals surface area contributed by atoms with Gasteiger partial charge in [-0.3, -0.25) is 10.1 Å². The second kappa shape index (κ2) is 7.92.